The molecule has 6 heteroatoms. The second-order valence-electron chi connectivity index (χ2n) is 10.7. The first kappa shape index (κ1) is 32.0. The Labute approximate surface area is 272 Å². The van der Waals surface area contributed by atoms with Gasteiger partial charge in [-0.1, -0.05) is 76.3 Å². The van der Waals surface area contributed by atoms with Gasteiger partial charge < -0.3 is 0 Å². The molecule has 0 aliphatic carbocycles. The first-order chi connectivity index (χ1) is 22.6. The number of aryl methyl sites for hydroxylation is 4. The highest BCUT2D eigenvalue weighted by molar-refractivity contribution is 5.82. The normalized spacial score (nSPS) is 11.9. The van der Waals surface area contributed by atoms with Crippen LogP contribution in [0.25, 0.3) is 48.6 Å². The van der Waals surface area contributed by atoms with Crippen molar-refractivity contribution in [3.05, 3.63) is 141 Å². The highest BCUT2D eigenvalue weighted by Gasteiger charge is 2.10. The van der Waals surface area contributed by atoms with E-state index in [1.807, 2.05) is 73.4 Å². The maximum absolute atomic E-state index is 5.21. The first-order valence-corrected chi connectivity index (χ1v) is 16.0. The summed E-state index contributed by atoms with van der Waals surface area (Å²) < 4.78 is 0. The highest BCUT2D eigenvalue weighted by Crippen LogP contribution is 2.22. The van der Waals surface area contributed by atoms with Crippen LogP contribution in [-0.4, -0.2) is 29.9 Å². The van der Waals surface area contributed by atoms with Gasteiger partial charge in [-0.25, -0.2) is 9.97 Å². The number of aromatic nitrogens is 6. The third-order valence-electron chi connectivity index (χ3n) is 7.73. The Morgan fingerprint density at radius 3 is 0.826 bits per heavy atom. The van der Waals surface area contributed by atoms with Crippen LogP contribution < -0.4 is 0 Å². The Balaban J connectivity index is 1.68. The third kappa shape index (κ3) is 8.02. The average molecular weight is 605 g/mol. The summed E-state index contributed by atoms with van der Waals surface area (Å²) in [6, 6.07) is 16.2. The van der Waals surface area contributed by atoms with Crippen LogP contribution in [0.2, 0.25) is 0 Å². The van der Waals surface area contributed by atoms with E-state index < -0.39 is 0 Å². The monoisotopic (exact) mass is 604 g/mol. The van der Waals surface area contributed by atoms with Crippen molar-refractivity contribution in [3.63, 3.8) is 0 Å². The van der Waals surface area contributed by atoms with Crippen LogP contribution in [0.3, 0.4) is 0 Å². The van der Waals surface area contributed by atoms with Crippen molar-refractivity contribution in [1.29, 1.82) is 0 Å². The minimum absolute atomic E-state index is 0.762. The standard InChI is InChI=1S/C40H40N6/c1-5-33-29(13-9-25-41-33)17-21-37-38(22-18-30-14-10-26-42-34(30)6-2)46-40(24-20-32-16-12-28-44-36(32)8-4)39(45-37)23-19-31-15-11-27-43-35(31)7-3/h9-28H,5-8H2,1-4H3. The molecule has 0 saturated heterocycles. The van der Waals surface area contributed by atoms with E-state index in [1.165, 1.54) is 0 Å². The molecule has 0 aliphatic rings. The van der Waals surface area contributed by atoms with E-state index in [0.717, 1.165) is 93.5 Å². The van der Waals surface area contributed by atoms with Gasteiger partial charge in [-0.3, -0.25) is 19.9 Å². The summed E-state index contributed by atoms with van der Waals surface area (Å²) in [6.07, 6.45) is 27.2. The summed E-state index contributed by atoms with van der Waals surface area (Å²) in [5.74, 6) is 0. The Bertz CT molecular complexity index is 1630. The first-order valence-electron chi connectivity index (χ1n) is 16.0. The smallest absolute Gasteiger partial charge is 0.0894 e. The molecule has 5 aromatic heterocycles. The van der Waals surface area contributed by atoms with Gasteiger partial charge in [0.05, 0.1) is 22.8 Å². The molecule has 0 atom stereocenters. The van der Waals surface area contributed by atoms with E-state index in [2.05, 4.69) is 96.2 Å². The van der Waals surface area contributed by atoms with Gasteiger partial charge in [0.1, 0.15) is 0 Å². The van der Waals surface area contributed by atoms with Gasteiger partial charge >= 0.3 is 0 Å². The fraction of sp³-hybridized carbons (Fsp3) is 0.200. The van der Waals surface area contributed by atoms with Gasteiger partial charge in [0.25, 0.3) is 0 Å². The summed E-state index contributed by atoms with van der Waals surface area (Å²) in [6.45, 7) is 8.47. The zero-order valence-electron chi connectivity index (χ0n) is 27.1. The predicted molar refractivity (Wildman–Crippen MR) is 192 cm³/mol. The average Bonchev–Trinajstić information content (AvgIpc) is 3.12. The Hall–Kier alpha value is -5.36. The highest BCUT2D eigenvalue weighted by atomic mass is 14.8. The molecule has 0 fully saturated rings. The van der Waals surface area contributed by atoms with Crippen molar-refractivity contribution in [3.8, 4) is 0 Å². The van der Waals surface area contributed by atoms with E-state index >= 15 is 0 Å². The molecule has 0 unspecified atom stereocenters. The molecule has 5 heterocycles. The van der Waals surface area contributed by atoms with Crippen LogP contribution in [0.5, 0.6) is 0 Å². The number of rotatable bonds is 12. The molecule has 0 spiro atoms. The quantitative estimate of drug-likeness (QED) is 0.141. The molecule has 0 N–H and O–H groups in total. The zero-order chi connectivity index (χ0) is 32.1. The van der Waals surface area contributed by atoms with Gasteiger partial charge in [0.2, 0.25) is 0 Å². The SMILES string of the molecule is CCc1ncccc1C=Cc1nc(C=Cc2cccnc2CC)c(C=Cc2cccnc2CC)nc1C=Cc1cccnc1CC. The molecule has 6 nitrogen and oxygen atoms in total. The maximum atomic E-state index is 5.21. The fourth-order valence-electron chi connectivity index (χ4n) is 5.24. The summed E-state index contributed by atoms with van der Waals surface area (Å²) in [7, 11) is 0. The maximum Gasteiger partial charge on any atom is 0.0894 e. The van der Waals surface area contributed by atoms with Crippen LogP contribution in [0.1, 0.15) is 95.5 Å². The van der Waals surface area contributed by atoms with Crippen LogP contribution in [-0.2, 0) is 25.7 Å². The summed E-state index contributed by atoms with van der Waals surface area (Å²) >= 11 is 0. The second-order valence-corrected chi connectivity index (χ2v) is 10.7. The summed E-state index contributed by atoms with van der Waals surface area (Å²) in [5, 5.41) is 0. The van der Waals surface area contributed by atoms with Gasteiger partial charge in [-0.05, 0) is 96.5 Å². The molecular formula is C40H40N6. The van der Waals surface area contributed by atoms with Crippen molar-refractivity contribution in [2.75, 3.05) is 0 Å². The number of pyridine rings is 4. The molecule has 230 valence electrons. The molecule has 0 aromatic carbocycles. The largest absolute Gasteiger partial charge is 0.261 e. The van der Waals surface area contributed by atoms with Crippen molar-refractivity contribution in [1.82, 2.24) is 29.9 Å². The van der Waals surface area contributed by atoms with E-state index in [4.69, 9.17) is 9.97 Å². The molecule has 0 aliphatic heterocycles. The zero-order valence-corrected chi connectivity index (χ0v) is 27.1. The molecule has 0 amide bonds. The van der Waals surface area contributed by atoms with E-state index in [9.17, 15) is 0 Å². The van der Waals surface area contributed by atoms with Gasteiger partial charge in [-0.2, -0.15) is 0 Å². The second kappa shape index (κ2) is 16.1. The number of nitrogens with zero attached hydrogens (tertiary/aromatic N) is 6. The molecule has 5 rings (SSSR count). The van der Waals surface area contributed by atoms with Crippen molar-refractivity contribution >= 4 is 48.6 Å². The lowest BCUT2D eigenvalue weighted by Gasteiger charge is -2.09. The van der Waals surface area contributed by atoms with E-state index in [-0.39, 0.29) is 0 Å². The van der Waals surface area contributed by atoms with Gasteiger partial charge in [0.15, 0.2) is 0 Å². The summed E-state index contributed by atoms with van der Waals surface area (Å²) in [5.41, 5.74) is 11.5. The lowest BCUT2D eigenvalue weighted by Crippen LogP contribution is -2.00. The van der Waals surface area contributed by atoms with Crippen LogP contribution in [0.15, 0.2) is 73.3 Å². The van der Waals surface area contributed by atoms with Crippen LogP contribution in [0, 0.1) is 0 Å². The topological polar surface area (TPSA) is 77.3 Å². The number of hydrogen-bond donors (Lipinski definition) is 0. The number of hydrogen-bond acceptors (Lipinski definition) is 6. The molecular weight excluding hydrogens is 564 g/mol. The Morgan fingerprint density at radius 2 is 0.609 bits per heavy atom. The molecule has 5 aromatic rings. The van der Waals surface area contributed by atoms with Gasteiger partial charge in [0, 0.05) is 47.6 Å². The lowest BCUT2D eigenvalue weighted by molar-refractivity contribution is 1.03. The van der Waals surface area contributed by atoms with Crippen molar-refractivity contribution < 1.29 is 0 Å². The molecule has 0 saturated carbocycles. The minimum atomic E-state index is 0.762. The Morgan fingerprint density at radius 1 is 0.370 bits per heavy atom. The minimum Gasteiger partial charge on any atom is -0.261 e. The molecule has 0 bridgehead atoms. The fourth-order valence-corrected chi connectivity index (χ4v) is 5.24. The summed E-state index contributed by atoms with van der Waals surface area (Å²) in [4.78, 5) is 28.7. The molecule has 0 radical (unpaired) electrons. The van der Waals surface area contributed by atoms with E-state index in [0.29, 0.717) is 0 Å². The predicted octanol–water partition coefficient (Wildman–Crippen LogP) is 8.99. The Kier molecular flexibility index (Phi) is 11.2. The van der Waals surface area contributed by atoms with Gasteiger partial charge in [-0.15, -0.1) is 0 Å². The third-order valence-corrected chi connectivity index (χ3v) is 7.73. The lowest BCUT2D eigenvalue weighted by atomic mass is 10.1. The van der Waals surface area contributed by atoms with Crippen molar-refractivity contribution in [2.45, 2.75) is 53.4 Å². The molecule has 46 heavy (non-hydrogen) atoms. The van der Waals surface area contributed by atoms with E-state index in [1.54, 1.807) is 0 Å². The van der Waals surface area contributed by atoms with Crippen molar-refractivity contribution in [2.24, 2.45) is 0 Å². The van der Waals surface area contributed by atoms with Crippen LogP contribution in [0.4, 0.5) is 0 Å². The van der Waals surface area contributed by atoms with Crippen LogP contribution >= 0.6 is 0 Å².